The molecule has 0 amide bonds. The maximum absolute atomic E-state index is 11.8. The van der Waals surface area contributed by atoms with Gasteiger partial charge in [0.2, 0.25) is 0 Å². The van der Waals surface area contributed by atoms with Gasteiger partial charge in [0.1, 0.15) is 0 Å². The number of hydrogen-bond donors (Lipinski definition) is 0. The third kappa shape index (κ3) is 1.47. The molecule has 3 rings (SSSR count). The highest BCUT2D eigenvalue weighted by molar-refractivity contribution is 6.04. The Balaban J connectivity index is 2.31. The Labute approximate surface area is 98.8 Å². The average Bonchev–Trinajstić information content (AvgIpc) is 2.67. The van der Waals surface area contributed by atoms with Gasteiger partial charge in [0.05, 0.1) is 10.5 Å². The van der Waals surface area contributed by atoms with E-state index in [0.29, 0.717) is 18.4 Å². The number of hydrogen-bond acceptors (Lipinski definition) is 3. The summed E-state index contributed by atoms with van der Waals surface area (Å²) in [4.78, 5) is 22.6. The molecule has 0 N–H and O–H groups in total. The Hall–Kier alpha value is -1.71. The molecular weight excluding hydrogens is 218 g/mol. The molecule has 0 bridgehead atoms. The molecule has 0 aromatic heterocycles. The van der Waals surface area contributed by atoms with Crippen molar-refractivity contribution in [3.8, 4) is 0 Å². The van der Waals surface area contributed by atoms with Gasteiger partial charge in [-0.3, -0.25) is 14.9 Å². The van der Waals surface area contributed by atoms with Gasteiger partial charge < -0.3 is 0 Å². The van der Waals surface area contributed by atoms with E-state index in [-0.39, 0.29) is 16.4 Å². The fraction of sp³-hybridized carbons (Fsp3) is 0.462. The fourth-order valence-electron chi connectivity index (χ4n) is 3.03. The van der Waals surface area contributed by atoms with Gasteiger partial charge in [-0.25, -0.2) is 0 Å². The molecule has 88 valence electrons. The van der Waals surface area contributed by atoms with Gasteiger partial charge in [-0.15, -0.1) is 0 Å². The highest BCUT2D eigenvalue weighted by Crippen LogP contribution is 2.38. The molecule has 0 saturated heterocycles. The highest BCUT2D eigenvalue weighted by Gasteiger charge is 2.34. The Bertz CT molecular complexity index is 534. The molecule has 0 heterocycles. The summed E-state index contributed by atoms with van der Waals surface area (Å²) in [5.74, 6) is -0.0555. The van der Waals surface area contributed by atoms with Gasteiger partial charge in [-0.05, 0) is 43.2 Å². The topological polar surface area (TPSA) is 60.2 Å². The lowest BCUT2D eigenvalue weighted by Gasteiger charge is -2.17. The van der Waals surface area contributed by atoms with E-state index in [9.17, 15) is 14.9 Å². The predicted octanol–water partition coefficient (Wildman–Crippen LogP) is 2.60. The first-order valence-electron chi connectivity index (χ1n) is 6.03. The van der Waals surface area contributed by atoms with Crippen molar-refractivity contribution in [3.05, 3.63) is 38.4 Å². The number of carbonyl (C=O) groups excluding carboxylic acids is 1. The summed E-state index contributed by atoms with van der Waals surface area (Å²) in [7, 11) is 0. The summed E-state index contributed by atoms with van der Waals surface area (Å²) in [6, 6.07) is 2.03. The number of nitrogens with zero attached hydrogens (tertiary/aromatic N) is 1. The van der Waals surface area contributed by atoms with Crippen LogP contribution in [0.25, 0.3) is 0 Å². The van der Waals surface area contributed by atoms with Crippen LogP contribution < -0.4 is 0 Å². The smallest absolute Gasteiger partial charge is 0.283 e. The molecule has 0 unspecified atom stereocenters. The molecule has 0 saturated carbocycles. The second-order valence-corrected chi connectivity index (χ2v) is 4.78. The Morgan fingerprint density at radius 3 is 2.59 bits per heavy atom. The maximum Gasteiger partial charge on any atom is 0.283 e. The fourth-order valence-corrected chi connectivity index (χ4v) is 3.03. The van der Waals surface area contributed by atoms with Gasteiger partial charge >= 0.3 is 0 Å². The number of aryl methyl sites for hydroxylation is 2. The van der Waals surface area contributed by atoms with Gasteiger partial charge in [0.25, 0.3) is 5.69 Å². The zero-order chi connectivity index (χ0) is 12.0. The van der Waals surface area contributed by atoms with Crippen LogP contribution in [-0.4, -0.2) is 10.7 Å². The van der Waals surface area contributed by atoms with Crippen LogP contribution >= 0.6 is 0 Å². The molecule has 17 heavy (non-hydrogen) atoms. The first kappa shape index (κ1) is 10.4. The first-order valence-corrected chi connectivity index (χ1v) is 6.03. The zero-order valence-corrected chi connectivity index (χ0v) is 9.49. The van der Waals surface area contributed by atoms with E-state index in [2.05, 4.69) is 0 Å². The summed E-state index contributed by atoms with van der Waals surface area (Å²) >= 11 is 0. The molecule has 1 aromatic rings. The van der Waals surface area contributed by atoms with Crippen molar-refractivity contribution in [2.75, 3.05) is 0 Å². The van der Waals surface area contributed by atoms with E-state index in [4.69, 9.17) is 0 Å². The van der Waals surface area contributed by atoms with Crippen molar-refractivity contribution in [1.82, 2.24) is 0 Å². The standard InChI is InChI=1S/C13H13NO3/c15-11-6-5-9-7-8-3-1-2-4-10(8)13(12(9)11)14(16)17/h7H,1-6H2. The van der Waals surface area contributed by atoms with Crippen molar-refractivity contribution < 1.29 is 9.72 Å². The Morgan fingerprint density at radius 1 is 1.06 bits per heavy atom. The number of Topliss-reactive ketones (excluding diaryl/α,β-unsaturated/α-hetero) is 1. The molecule has 0 radical (unpaired) electrons. The number of nitro groups is 1. The Morgan fingerprint density at radius 2 is 1.82 bits per heavy atom. The summed E-state index contributed by atoms with van der Waals surface area (Å²) in [6.45, 7) is 0. The number of nitro benzene ring substituents is 1. The summed E-state index contributed by atoms with van der Waals surface area (Å²) < 4.78 is 0. The van der Waals surface area contributed by atoms with Crippen molar-refractivity contribution in [2.24, 2.45) is 0 Å². The lowest BCUT2D eigenvalue weighted by molar-refractivity contribution is -0.385. The van der Waals surface area contributed by atoms with Crippen LogP contribution in [-0.2, 0) is 19.3 Å². The largest absolute Gasteiger partial charge is 0.294 e. The van der Waals surface area contributed by atoms with E-state index >= 15 is 0 Å². The molecule has 2 aliphatic rings. The second-order valence-electron chi connectivity index (χ2n) is 4.78. The lowest BCUT2D eigenvalue weighted by Crippen LogP contribution is -2.10. The zero-order valence-electron chi connectivity index (χ0n) is 9.49. The predicted molar refractivity (Wildman–Crippen MR) is 62.4 cm³/mol. The molecule has 0 fully saturated rings. The summed E-state index contributed by atoms with van der Waals surface area (Å²) in [5, 5.41) is 11.2. The lowest BCUT2D eigenvalue weighted by atomic mass is 9.87. The SMILES string of the molecule is O=C1CCc2cc3c(c([N+](=O)[O-])c21)CCCC3. The van der Waals surface area contributed by atoms with Crippen LogP contribution in [0.5, 0.6) is 0 Å². The van der Waals surface area contributed by atoms with Crippen molar-refractivity contribution in [1.29, 1.82) is 0 Å². The molecule has 2 aliphatic carbocycles. The number of rotatable bonds is 1. The Kier molecular flexibility index (Phi) is 2.24. The molecule has 0 spiro atoms. The van der Waals surface area contributed by atoms with Crippen LogP contribution in [0.2, 0.25) is 0 Å². The van der Waals surface area contributed by atoms with Crippen LogP contribution in [0.4, 0.5) is 5.69 Å². The summed E-state index contributed by atoms with van der Waals surface area (Å²) in [6.07, 6.45) is 4.84. The van der Waals surface area contributed by atoms with Gasteiger partial charge in [0, 0.05) is 12.0 Å². The number of fused-ring (bicyclic) bond motifs is 2. The molecule has 0 atom stereocenters. The quantitative estimate of drug-likeness (QED) is 0.551. The minimum Gasteiger partial charge on any atom is -0.294 e. The third-order valence-corrected chi connectivity index (χ3v) is 3.79. The average molecular weight is 231 g/mol. The van der Waals surface area contributed by atoms with E-state index in [0.717, 1.165) is 42.4 Å². The molecule has 4 heteroatoms. The van der Waals surface area contributed by atoms with E-state index in [1.165, 1.54) is 0 Å². The summed E-state index contributed by atoms with van der Waals surface area (Å²) in [5.41, 5.74) is 3.31. The number of carbonyl (C=O) groups is 1. The monoisotopic (exact) mass is 231 g/mol. The van der Waals surface area contributed by atoms with Crippen molar-refractivity contribution in [3.63, 3.8) is 0 Å². The molecule has 0 aliphatic heterocycles. The highest BCUT2D eigenvalue weighted by atomic mass is 16.6. The third-order valence-electron chi connectivity index (χ3n) is 3.79. The van der Waals surface area contributed by atoms with Crippen LogP contribution in [0.3, 0.4) is 0 Å². The van der Waals surface area contributed by atoms with Crippen LogP contribution in [0.1, 0.15) is 46.3 Å². The molecule has 4 nitrogen and oxygen atoms in total. The normalized spacial score (nSPS) is 17.8. The first-order chi connectivity index (χ1) is 8.18. The number of benzene rings is 1. The van der Waals surface area contributed by atoms with E-state index in [1.807, 2.05) is 6.07 Å². The van der Waals surface area contributed by atoms with Gasteiger partial charge in [-0.2, -0.15) is 0 Å². The van der Waals surface area contributed by atoms with Crippen LogP contribution in [0, 0.1) is 10.1 Å². The molecule has 1 aromatic carbocycles. The van der Waals surface area contributed by atoms with Crippen LogP contribution in [0.15, 0.2) is 6.07 Å². The van der Waals surface area contributed by atoms with Crippen molar-refractivity contribution >= 4 is 11.5 Å². The minimum absolute atomic E-state index is 0.0555. The molecular formula is C13H13NO3. The second kappa shape index (κ2) is 3.65. The number of ketones is 1. The maximum atomic E-state index is 11.8. The van der Waals surface area contributed by atoms with E-state index in [1.54, 1.807) is 0 Å². The van der Waals surface area contributed by atoms with Gasteiger partial charge in [0.15, 0.2) is 5.78 Å². The van der Waals surface area contributed by atoms with Gasteiger partial charge in [-0.1, -0.05) is 6.07 Å². The van der Waals surface area contributed by atoms with Crippen molar-refractivity contribution in [2.45, 2.75) is 38.5 Å². The van der Waals surface area contributed by atoms with E-state index < -0.39 is 0 Å². The minimum atomic E-state index is -0.355.